The highest BCUT2D eigenvalue weighted by Gasteiger charge is 2.21. The van der Waals surface area contributed by atoms with E-state index >= 15 is 0 Å². The Labute approximate surface area is 134 Å². The second-order valence-electron chi connectivity index (χ2n) is 4.24. The predicted molar refractivity (Wildman–Crippen MR) is 81.3 cm³/mol. The van der Waals surface area contributed by atoms with Crippen LogP contribution in [0.25, 0.3) is 6.08 Å². The van der Waals surface area contributed by atoms with E-state index in [9.17, 15) is 17.2 Å². The van der Waals surface area contributed by atoms with Crippen molar-refractivity contribution in [3.63, 3.8) is 0 Å². The maximum absolute atomic E-state index is 13.6. The van der Waals surface area contributed by atoms with Gasteiger partial charge in [-0.1, -0.05) is 15.9 Å². The van der Waals surface area contributed by atoms with E-state index in [1.807, 2.05) is 0 Å². The first-order valence-corrected chi connectivity index (χ1v) is 8.20. The zero-order valence-electron chi connectivity index (χ0n) is 10.9. The van der Waals surface area contributed by atoms with Gasteiger partial charge in [-0.3, -0.25) is 0 Å². The van der Waals surface area contributed by atoms with E-state index in [-0.39, 0.29) is 10.5 Å². The van der Waals surface area contributed by atoms with E-state index in [1.165, 1.54) is 24.3 Å². The lowest BCUT2D eigenvalue weighted by Gasteiger charge is -2.04. The quantitative estimate of drug-likeness (QED) is 0.750. The van der Waals surface area contributed by atoms with Gasteiger partial charge < -0.3 is 0 Å². The lowest BCUT2D eigenvalue weighted by atomic mass is 10.2. The van der Waals surface area contributed by atoms with Crippen LogP contribution >= 0.6 is 15.9 Å². The van der Waals surface area contributed by atoms with E-state index in [0.717, 1.165) is 18.2 Å². The molecule has 2 aromatic carbocycles. The van der Waals surface area contributed by atoms with Gasteiger partial charge in [0.25, 0.3) is 0 Å². The number of halogens is 3. The maximum atomic E-state index is 13.6. The van der Waals surface area contributed by atoms with Crippen LogP contribution in [-0.2, 0) is 9.84 Å². The summed E-state index contributed by atoms with van der Waals surface area (Å²) in [5.41, 5.74) is -0.182. The van der Waals surface area contributed by atoms with Crippen molar-refractivity contribution in [2.45, 2.75) is 4.90 Å². The summed E-state index contributed by atoms with van der Waals surface area (Å²) in [5, 5.41) is 9.08. The molecule has 112 valence electrons. The van der Waals surface area contributed by atoms with Gasteiger partial charge in [-0.25, -0.2) is 17.2 Å². The number of allylic oxidation sites excluding steroid dienone is 1. The zero-order valence-corrected chi connectivity index (χ0v) is 13.3. The minimum absolute atomic E-state index is 0.0916. The summed E-state index contributed by atoms with van der Waals surface area (Å²) >= 11 is 3.18. The largest absolute Gasteiger partial charge is 0.218 e. The fraction of sp³-hybridized carbons (Fsp3) is 0. The van der Waals surface area contributed by atoms with Gasteiger partial charge in [0.05, 0.1) is 4.90 Å². The van der Waals surface area contributed by atoms with E-state index in [0.29, 0.717) is 10.5 Å². The third-order valence-electron chi connectivity index (χ3n) is 2.77. The molecule has 0 saturated carbocycles. The first kappa shape index (κ1) is 16.3. The van der Waals surface area contributed by atoms with Gasteiger partial charge in [-0.05, 0) is 42.5 Å². The highest BCUT2D eigenvalue weighted by Crippen LogP contribution is 2.23. The van der Waals surface area contributed by atoms with Gasteiger partial charge in [0.15, 0.2) is 0 Å². The molecule has 0 heterocycles. The number of rotatable bonds is 3. The van der Waals surface area contributed by atoms with Crippen LogP contribution in [0.5, 0.6) is 0 Å². The van der Waals surface area contributed by atoms with Crippen LogP contribution in [0, 0.1) is 23.0 Å². The van der Waals surface area contributed by atoms with Crippen LogP contribution in [0.15, 0.2) is 56.7 Å². The molecular weight excluding hydrogens is 376 g/mol. The first-order chi connectivity index (χ1) is 10.3. The van der Waals surface area contributed by atoms with Crippen LogP contribution in [0.1, 0.15) is 5.56 Å². The Bertz CT molecular complexity index is 885. The SMILES string of the molecule is N#C/C(=C/c1ccc(F)cc1F)S(=O)(=O)c1ccc(Br)cc1. The molecule has 0 radical (unpaired) electrons. The van der Waals surface area contributed by atoms with Crippen molar-refractivity contribution in [1.29, 1.82) is 5.26 Å². The Morgan fingerprint density at radius 3 is 2.32 bits per heavy atom. The van der Waals surface area contributed by atoms with Gasteiger partial charge in [0.1, 0.15) is 22.6 Å². The fourth-order valence-corrected chi connectivity index (χ4v) is 3.09. The van der Waals surface area contributed by atoms with Gasteiger partial charge in [0, 0.05) is 16.1 Å². The van der Waals surface area contributed by atoms with Crippen LogP contribution in [0.4, 0.5) is 8.78 Å². The van der Waals surface area contributed by atoms with Crippen molar-refractivity contribution in [2.24, 2.45) is 0 Å². The Balaban J connectivity index is 2.53. The number of hydrogen-bond donors (Lipinski definition) is 0. The van der Waals surface area contributed by atoms with Crippen LogP contribution in [-0.4, -0.2) is 8.42 Å². The molecule has 0 bridgehead atoms. The lowest BCUT2D eigenvalue weighted by Crippen LogP contribution is -2.03. The summed E-state index contributed by atoms with van der Waals surface area (Å²) in [7, 11) is -4.07. The molecule has 0 spiro atoms. The number of hydrogen-bond acceptors (Lipinski definition) is 3. The molecule has 0 saturated heterocycles. The van der Waals surface area contributed by atoms with Crippen molar-refractivity contribution in [3.8, 4) is 6.07 Å². The fourth-order valence-electron chi connectivity index (χ4n) is 1.67. The normalized spacial score (nSPS) is 12.0. The molecule has 3 nitrogen and oxygen atoms in total. The van der Waals surface area contributed by atoms with Gasteiger partial charge in [0.2, 0.25) is 9.84 Å². The monoisotopic (exact) mass is 383 g/mol. The summed E-state index contributed by atoms with van der Waals surface area (Å²) in [6, 6.07) is 9.89. The molecule has 0 unspecified atom stereocenters. The number of sulfone groups is 1. The predicted octanol–water partition coefficient (Wildman–Crippen LogP) is 4.07. The molecule has 7 heteroatoms. The molecule has 0 atom stereocenters. The second kappa shape index (κ2) is 6.38. The van der Waals surface area contributed by atoms with E-state index in [4.69, 9.17) is 5.26 Å². The van der Waals surface area contributed by atoms with Crippen molar-refractivity contribution < 1.29 is 17.2 Å². The minimum atomic E-state index is -4.07. The number of nitrogens with zero attached hydrogens (tertiary/aromatic N) is 1. The molecule has 0 fully saturated rings. The molecule has 22 heavy (non-hydrogen) atoms. The molecule has 0 aliphatic rings. The van der Waals surface area contributed by atoms with E-state index in [2.05, 4.69) is 15.9 Å². The Hall–Kier alpha value is -2.04. The Kier molecular flexibility index (Phi) is 4.74. The van der Waals surface area contributed by atoms with Gasteiger partial charge in [-0.15, -0.1) is 0 Å². The standard InChI is InChI=1S/C15H8BrF2NO2S/c16-11-2-5-13(6-3-11)22(20,21)14(9-19)7-10-1-4-12(17)8-15(10)18/h1-8H/b14-7-. The second-order valence-corrected chi connectivity index (χ2v) is 7.08. The summed E-state index contributed by atoms with van der Waals surface area (Å²) in [6.45, 7) is 0. The third kappa shape index (κ3) is 3.40. The molecule has 0 amide bonds. The van der Waals surface area contributed by atoms with Gasteiger partial charge >= 0.3 is 0 Å². The smallest absolute Gasteiger partial charge is 0.216 e. The molecule has 0 aliphatic heterocycles. The van der Waals surface area contributed by atoms with Crippen molar-refractivity contribution >= 4 is 31.8 Å². The summed E-state index contributed by atoms with van der Waals surface area (Å²) < 4.78 is 51.8. The maximum Gasteiger partial charge on any atom is 0.216 e. The molecule has 2 rings (SSSR count). The highest BCUT2D eigenvalue weighted by atomic mass is 79.9. The van der Waals surface area contributed by atoms with Crippen molar-refractivity contribution in [2.75, 3.05) is 0 Å². The van der Waals surface area contributed by atoms with Crippen LogP contribution in [0.2, 0.25) is 0 Å². The molecule has 0 aromatic heterocycles. The van der Waals surface area contributed by atoms with E-state index < -0.39 is 26.4 Å². The van der Waals surface area contributed by atoms with Crippen LogP contribution in [0.3, 0.4) is 0 Å². The Morgan fingerprint density at radius 1 is 1.14 bits per heavy atom. The molecule has 2 aromatic rings. The average molecular weight is 384 g/mol. The lowest BCUT2D eigenvalue weighted by molar-refractivity contribution is 0.581. The van der Waals surface area contributed by atoms with Crippen molar-refractivity contribution in [3.05, 3.63) is 69.0 Å². The average Bonchev–Trinajstić information content (AvgIpc) is 2.46. The topological polar surface area (TPSA) is 57.9 Å². The first-order valence-electron chi connectivity index (χ1n) is 5.92. The number of nitriles is 1. The van der Waals surface area contributed by atoms with Crippen molar-refractivity contribution in [1.82, 2.24) is 0 Å². The van der Waals surface area contributed by atoms with Crippen LogP contribution < -0.4 is 0 Å². The number of benzene rings is 2. The summed E-state index contributed by atoms with van der Waals surface area (Å²) in [5.74, 6) is -1.73. The molecule has 0 N–H and O–H groups in total. The summed E-state index contributed by atoms with van der Waals surface area (Å²) in [6.07, 6.45) is 0.881. The zero-order chi connectivity index (χ0) is 16.3. The van der Waals surface area contributed by atoms with Gasteiger partial charge in [-0.2, -0.15) is 5.26 Å². The minimum Gasteiger partial charge on any atom is -0.218 e. The molecule has 0 aliphatic carbocycles. The highest BCUT2D eigenvalue weighted by molar-refractivity contribution is 9.10. The third-order valence-corrected chi connectivity index (χ3v) is 4.98. The Morgan fingerprint density at radius 2 is 1.77 bits per heavy atom. The van der Waals surface area contributed by atoms with E-state index in [1.54, 1.807) is 6.07 Å². The molecular formula is C15H8BrF2NO2S. The summed E-state index contributed by atoms with van der Waals surface area (Å²) in [4.78, 5) is -0.716.